The lowest BCUT2D eigenvalue weighted by Gasteiger charge is -2.42. The topological polar surface area (TPSA) is 99.3 Å². The monoisotopic (exact) mass is 311 g/mol. The van der Waals surface area contributed by atoms with Crippen molar-refractivity contribution in [3.63, 3.8) is 0 Å². The molecule has 9 heteroatoms. The number of aromatic amines is 1. The van der Waals surface area contributed by atoms with Crippen LogP contribution in [0.2, 0.25) is 0 Å². The van der Waals surface area contributed by atoms with Gasteiger partial charge < -0.3 is 4.90 Å². The highest BCUT2D eigenvalue weighted by atomic mass is 32.2. The Kier molecular flexibility index (Phi) is 2.83. The number of rotatable bonds is 3. The summed E-state index contributed by atoms with van der Waals surface area (Å²) in [7, 11) is -3.10. The molecule has 1 amide bonds. The summed E-state index contributed by atoms with van der Waals surface area (Å²) in [5.41, 5.74) is 1.16. The van der Waals surface area contributed by atoms with Gasteiger partial charge in [0.15, 0.2) is 5.69 Å². The first-order valence-electron chi connectivity index (χ1n) is 7.26. The third-order valence-electron chi connectivity index (χ3n) is 4.44. The molecule has 3 heterocycles. The third kappa shape index (κ3) is 2.15. The van der Waals surface area contributed by atoms with Gasteiger partial charge >= 0.3 is 0 Å². The molecular weight excluding hydrogens is 294 g/mol. The summed E-state index contributed by atoms with van der Waals surface area (Å²) in [6, 6.07) is -0.0715. The Labute approximate surface area is 122 Å². The molecule has 3 aliphatic rings. The Morgan fingerprint density at radius 1 is 1.24 bits per heavy atom. The standard InChI is InChI=1S/C12H17N5O3S/c18-12(11-10(8-2-3-8)13-15-14-11)16-6-9(7-16)17-4-1-5-21(17,19)20/h8-9H,1-7H2,(H,13,14,15). The van der Waals surface area contributed by atoms with Crippen molar-refractivity contribution >= 4 is 15.9 Å². The lowest BCUT2D eigenvalue weighted by molar-refractivity contribution is 0.0457. The minimum Gasteiger partial charge on any atom is -0.334 e. The van der Waals surface area contributed by atoms with Crippen molar-refractivity contribution in [2.75, 3.05) is 25.4 Å². The molecule has 1 aliphatic carbocycles. The van der Waals surface area contributed by atoms with Crippen LogP contribution in [0.1, 0.15) is 41.4 Å². The van der Waals surface area contributed by atoms with Crippen LogP contribution < -0.4 is 0 Å². The SMILES string of the molecule is O=C(c1n[nH]nc1C1CC1)N1CC(N2CCCS2(=O)=O)C1. The molecule has 1 N–H and O–H groups in total. The zero-order valence-electron chi connectivity index (χ0n) is 11.5. The minimum absolute atomic E-state index is 0.0715. The highest BCUT2D eigenvalue weighted by Crippen LogP contribution is 2.40. The first kappa shape index (κ1) is 13.2. The molecule has 0 atom stereocenters. The molecule has 2 aliphatic heterocycles. The van der Waals surface area contributed by atoms with Crippen LogP contribution in [0.4, 0.5) is 0 Å². The molecule has 21 heavy (non-hydrogen) atoms. The quantitative estimate of drug-likeness (QED) is 0.814. The summed E-state index contributed by atoms with van der Waals surface area (Å²) in [5.74, 6) is 0.448. The maximum absolute atomic E-state index is 12.4. The van der Waals surface area contributed by atoms with Crippen LogP contribution in [0.15, 0.2) is 0 Å². The van der Waals surface area contributed by atoms with Crippen molar-refractivity contribution in [3.05, 3.63) is 11.4 Å². The Bertz CT molecular complexity index is 675. The maximum atomic E-state index is 12.4. The normalized spacial score (nSPS) is 26.0. The number of H-pyrrole nitrogens is 1. The Balaban J connectivity index is 1.43. The van der Waals surface area contributed by atoms with Gasteiger partial charge in [-0.05, 0) is 19.3 Å². The molecule has 1 aromatic heterocycles. The van der Waals surface area contributed by atoms with Gasteiger partial charge in [0, 0.05) is 25.6 Å². The third-order valence-corrected chi connectivity index (χ3v) is 6.44. The zero-order valence-corrected chi connectivity index (χ0v) is 12.3. The second-order valence-electron chi connectivity index (χ2n) is 5.98. The number of hydrogen-bond donors (Lipinski definition) is 1. The fourth-order valence-electron chi connectivity index (χ4n) is 3.06. The van der Waals surface area contributed by atoms with E-state index in [1.54, 1.807) is 9.21 Å². The fourth-order valence-corrected chi connectivity index (χ4v) is 4.78. The smallest absolute Gasteiger partial charge is 0.276 e. The Morgan fingerprint density at radius 3 is 2.62 bits per heavy atom. The summed E-state index contributed by atoms with van der Waals surface area (Å²) >= 11 is 0. The highest BCUT2D eigenvalue weighted by Gasteiger charge is 2.44. The molecule has 0 radical (unpaired) electrons. The molecule has 0 bridgehead atoms. The second kappa shape index (κ2) is 4.51. The van der Waals surface area contributed by atoms with E-state index in [-0.39, 0.29) is 17.7 Å². The number of likely N-dealkylation sites (tertiary alicyclic amines) is 1. The van der Waals surface area contributed by atoms with Crippen molar-refractivity contribution in [2.45, 2.75) is 31.2 Å². The fraction of sp³-hybridized carbons (Fsp3) is 0.750. The van der Waals surface area contributed by atoms with Crippen LogP contribution >= 0.6 is 0 Å². The van der Waals surface area contributed by atoms with Gasteiger partial charge in [0.2, 0.25) is 10.0 Å². The van der Waals surface area contributed by atoms with E-state index in [0.717, 1.165) is 18.5 Å². The molecule has 8 nitrogen and oxygen atoms in total. The second-order valence-corrected chi connectivity index (χ2v) is 8.02. The molecule has 0 aromatic carbocycles. The van der Waals surface area contributed by atoms with E-state index < -0.39 is 10.0 Å². The summed E-state index contributed by atoms with van der Waals surface area (Å²) in [5, 5.41) is 10.6. The van der Waals surface area contributed by atoms with E-state index >= 15 is 0 Å². The first-order chi connectivity index (χ1) is 10.1. The van der Waals surface area contributed by atoms with Crippen LogP contribution in [0.3, 0.4) is 0 Å². The minimum atomic E-state index is -3.10. The molecule has 1 saturated carbocycles. The summed E-state index contributed by atoms with van der Waals surface area (Å²) in [4.78, 5) is 14.1. The number of nitrogens with zero attached hydrogens (tertiary/aromatic N) is 4. The average molecular weight is 311 g/mol. The number of carbonyl (C=O) groups is 1. The van der Waals surface area contributed by atoms with Gasteiger partial charge in [-0.3, -0.25) is 4.79 Å². The number of carbonyl (C=O) groups excluding carboxylic acids is 1. The zero-order chi connectivity index (χ0) is 14.6. The molecule has 114 valence electrons. The number of hydrogen-bond acceptors (Lipinski definition) is 5. The van der Waals surface area contributed by atoms with E-state index in [4.69, 9.17) is 0 Å². The molecule has 0 spiro atoms. The van der Waals surface area contributed by atoms with Crippen molar-refractivity contribution in [3.8, 4) is 0 Å². The van der Waals surface area contributed by atoms with Crippen LogP contribution in [0.5, 0.6) is 0 Å². The van der Waals surface area contributed by atoms with E-state index in [1.165, 1.54) is 0 Å². The molecule has 0 unspecified atom stereocenters. The molecule has 1 aromatic rings. The molecule has 3 fully saturated rings. The average Bonchev–Trinajstić information content (AvgIpc) is 3.01. The molecule has 2 saturated heterocycles. The molecular formula is C12H17N5O3S. The van der Waals surface area contributed by atoms with Crippen LogP contribution in [-0.2, 0) is 10.0 Å². The number of amides is 1. The van der Waals surface area contributed by atoms with Gasteiger partial charge in [-0.15, -0.1) is 0 Å². The van der Waals surface area contributed by atoms with Crippen molar-refractivity contribution < 1.29 is 13.2 Å². The van der Waals surface area contributed by atoms with Crippen molar-refractivity contribution in [2.24, 2.45) is 0 Å². The van der Waals surface area contributed by atoms with Gasteiger partial charge in [-0.1, -0.05) is 0 Å². The van der Waals surface area contributed by atoms with E-state index in [9.17, 15) is 13.2 Å². The van der Waals surface area contributed by atoms with Crippen LogP contribution in [-0.4, -0.2) is 70.4 Å². The van der Waals surface area contributed by atoms with Gasteiger partial charge in [-0.2, -0.15) is 19.7 Å². The largest absolute Gasteiger partial charge is 0.334 e. The van der Waals surface area contributed by atoms with Crippen LogP contribution in [0, 0.1) is 0 Å². The van der Waals surface area contributed by atoms with E-state index in [2.05, 4.69) is 15.4 Å². The Hall–Kier alpha value is -1.48. The predicted octanol–water partition coefficient (Wildman–Crippen LogP) is -0.458. The maximum Gasteiger partial charge on any atom is 0.276 e. The van der Waals surface area contributed by atoms with Gasteiger partial charge in [-0.25, -0.2) is 8.42 Å². The molecule has 4 rings (SSSR count). The van der Waals surface area contributed by atoms with Gasteiger partial charge in [0.1, 0.15) is 0 Å². The van der Waals surface area contributed by atoms with E-state index in [0.29, 0.717) is 37.7 Å². The predicted molar refractivity (Wildman–Crippen MR) is 73.2 cm³/mol. The van der Waals surface area contributed by atoms with Crippen molar-refractivity contribution in [1.82, 2.24) is 24.6 Å². The summed E-state index contributed by atoms with van der Waals surface area (Å²) in [6.07, 6.45) is 2.80. The number of nitrogens with one attached hydrogen (secondary N) is 1. The first-order valence-corrected chi connectivity index (χ1v) is 8.86. The summed E-state index contributed by atoms with van der Waals surface area (Å²) < 4.78 is 25.2. The number of sulfonamides is 1. The van der Waals surface area contributed by atoms with Crippen molar-refractivity contribution in [1.29, 1.82) is 0 Å². The lowest BCUT2D eigenvalue weighted by Crippen LogP contribution is -2.61. The van der Waals surface area contributed by atoms with Gasteiger partial charge in [0.25, 0.3) is 5.91 Å². The highest BCUT2D eigenvalue weighted by molar-refractivity contribution is 7.89. The van der Waals surface area contributed by atoms with Crippen LogP contribution in [0.25, 0.3) is 0 Å². The lowest BCUT2D eigenvalue weighted by atomic mass is 10.1. The summed E-state index contributed by atoms with van der Waals surface area (Å²) in [6.45, 7) is 1.48. The van der Waals surface area contributed by atoms with Gasteiger partial charge in [0.05, 0.1) is 17.5 Å². The Morgan fingerprint density at radius 2 is 2.00 bits per heavy atom. The van der Waals surface area contributed by atoms with E-state index in [1.807, 2.05) is 0 Å². The number of aromatic nitrogens is 3.